The molecule has 0 saturated carbocycles. The molecular weight excluding hydrogens is 276 g/mol. The van der Waals surface area contributed by atoms with Crippen molar-refractivity contribution in [2.24, 2.45) is 0 Å². The molecule has 0 radical (unpaired) electrons. The van der Waals surface area contributed by atoms with Crippen LogP contribution in [0.1, 0.15) is 13.3 Å². The number of aliphatic carboxylic acids is 1. The minimum atomic E-state index is -1.13. The third-order valence-corrected chi connectivity index (χ3v) is 2.59. The first kappa shape index (κ1) is 16.8. The molecule has 1 atom stereocenters. The third-order valence-electron chi connectivity index (χ3n) is 2.59. The number of hydrogen-bond acceptors (Lipinski definition) is 4. The molecule has 1 rings (SSSR count). The SMILES string of the molecule is CCCOc1ccc(NC(=O)NCC(OC)C(=O)O)cc1. The number of hydrogen-bond donors (Lipinski definition) is 3. The molecule has 7 nitrogen and oxygen atoms in total. The van der Waals surface area contributed by atoms with Crippen LogP contribution in [0.2, 0.25) is 0 Å². The van der Waals surface area contributed by atoms with Gasteiger partial charge in [-0.25, -0.2) is 9.59 Å². The number of carboxylic acids is 1. The van der Waals surface area contributed by atoms with Crippen molar-refractivity contribution in [2.75, 3.05) is 25.6 Å². The highest BCUT2D eigenvalue weighted by Gasteiger charge is 2.16. The smallest absolute Gasteiger partial charge is 0.334 e. The molecule has 1 aromatic carbocycles. The fourth-order valence-corrected chi connectivity index (χ4v) is 1.49. The molecule has 0 heterocycles. The van der Waals surface area contributed by atoms with E-state index in [1.807, 2.05) is 6.92 Å². The van der Waals surface area contributed by atoms with Gasteiger partial charge in [-0.05, 0) is 30.7 Å². The number of rotatable bonds is 8. The maximum absolute atomic E-state index is 11.6. The first-order valence-corrected chi connectivity index (χ1v) is 6.60. The second-order valence-corrected chi connectivity index (χ2v) is 4.27. The van der Waals surface area contributed by atoms with E-state index in [0.717, 1.165) is 12.2 Å². The lowest BCUT2D eigenvalue weighted by atomic mass is 10.3. The predicted octanol–water partition coefficient (Wildman–Crippen LogP) is 1.70. The summed E-state index contributed by atoms with van der Waals surface area (Å²) in [5, 5.41) is 13.8. The first-order chi connectivity index (χ1) is 10.1. The Morgan fingerprint density at radius 1 is 1.29 bits per heavy atom. The molecule has 21 heavy (non-hydrogen) atoms. The van der Waals surface area contributed by atoms with Gasteiger partial charge in [0.15, 0.2) is 6.10 Å². The minimum absolute atomic E-state index is 0.116. The molecular formula is C14H20N2O5. The monoisotopic (exact) mass is 296 g/mol. The van der Waals surface area contributed by atoms with Gasteiger partial charge in [-0.1, -0.05) is 6.92 Å². The number of carboxylic acid groups (broad SMARTS) is 1. The van der Waals surface area contributed by atoms with Gasteiger partial charge in [-0.2, -0.15) is 0 Å². The van der Waals surface area contributed by atoms with Crippen molar-refractivity contribution in [1.29, 1.82) is 0 Å². The summed E-state index contributed by atoms with van der Waals surface area (Å²) in [4.78, 5) is 22.3. The zero-order valence-corrected chi connectivity index (χ0v) is 12.1. The van der Waals surface area contributed by atoms with Crippen LogP contribution in [0, 0.1) is 0 Å². The molecule has 0 aliphatic rings. The Balaban J connectivity index is 2.42. The molecule has 0 saturated heterocycles. The molecule has 1 aromatic rings. The topological polar surface area (TPSA) is 96.9 Å². The van der Waals surface area contributed by atoms with Crippen molar-refractivity contribution in [1.82, 2.24) is 5.32 Å². The normalized spacial score (nSPS) is 11.5. The van der Waals surface area contributed by atoms with Crippen molar-refractivity contribution >= 4 is 17.7 Å². The van der Waals surface area contributed by atoms with Crippen LogP contribution in [-0.4, -0.2) is 43.5 Å². The lowest BCUT2D eigenvalue weighted by Gasteiger charge is -2.12. The third kappa shape index (κ3) is 6.13. The van der Waals surface area contributed by atoms with Crippen LogP contribution in [0.5, 0.6) is 5.75 Å². The van der Waals surface area contributed by atoms with Gasteiger partial charge in [-0.15, -0.1) is 0 Å². The van der Waals surface area contributed by atoms with E-state index in [-0.39, 0.29) is 6.54 Å². The molecule has 0 aliphatic heterocycles. The van der Waals surface area contributed by atoms with Crippen molar-refractivity contribution in [2.45, 2.75) is 19.4 Å². The summed E-state index contributed by atoms with van der Waals surface area (Å²) >= 11 is 0. The molecule has 0 fully saturated rings. The summed E-state index contributed by atoms with van der Waals surface area (Å²) in [7, 11) is 1.27. The molecule has 3 N–H and O–H groups in total. The molecule has 116 valence electrons. The maximum Gasteiger partial charge on any atom is 0.334 e. The number of anilines is 1. The van der Waals surface area contributed by atoms with Crippen LogP contribution in [0.15, 0.2) is 24.3 Å². The van der Waals surface area contributed by atoms with Crippen LogP contribution in [0.4, 0.5) is 10.5 Å². The average molecular weight is 296 g/mol. The van der Waals surface area contributed by atoms with Crippen LogP contribution in [-0.2, 0) is 9.53 Å². The average Bonchev–Trinajstić information content (AvgIpc) is 2.47. The Morgan fingerprint density at radius 2 is 1.95 bits per heavy atom. The second kappa shape index (κ2) is 8.80. The van der Waals surface area contributed by atoms with Gasteiger partial charge < -0.3 is 25.2 Å². The first-order valence-electron chi connectivity index (χ1n) is 6.60. The van der Waals surface area contributed by atoms with Crippen LogP contribution in [0.25, 0.3) is 0 Å². The molecule has 2 amide bonds. The molecule has 7 heteroatoms. The quantitative estimate of drug-likeness (QED) is 0.678. The van der Waals surface area contributed by atoms with E-state index in [0.29, 0.717) is 12.3 Å². The Kier molecular flexibility index (Phi) is 7.03. The minimum Gasteiger partial charge on any atom is -0.494 e. The van der Waals surface area contributed by atoms with Gasteiger partial charge >= 0.3 is 12.0 Å². The van der Waals surface area contributed by atoms with Gasteiger partial charge in [0.1, 0.15) is 5.75 Å². The van der Waals surface area contributed by atoms with E-state index >= 15 is 0 Å². The predicted molar refractivity (Wildman–Crippen MR) is 77.7 cm³/mol. The molecule has 0 aliphatic carbocycles. The van der Waals surface area contributed by atoms with E-state index in [2.05, 4.69) is 10.6 Å². The number of benzene rings is 1. The Labute approximate surface area is 123 Å². The molecule has 0 bridgehead atoms. The standard InChI is InChI=1S/C14H20N2O5/c1-3-8-21-11-6-4-10(5-7-11)16-14(19)15-9-12(20-2)13(17)18/h4-7,12H,3,8-9H2,1-2H3,(H,17,18)(H2,15,16,19). The van der Waals surface area contributed by atoms with E-state index in [4.69, 9.17) is 14.6 Å². The van der Waals surface area contributed by atoms with E-state index in [1.165, 1.54) is 7.11 Å². The van der Waals surface area contributed by atoms with Crippen LogP contribution >= 0.6 is 0 Å². The van der Waals surface area contributed by atoms with Gasteiger partial charge in [0, 0.05) is 12.8 Å². The van der Waals surface area contributed by atoms with Crippen molar-refractivity contribution in [3.05, 3.63) is 24.3 Å². The number of carbonyl (C=O) groups excluding carboxylic acids is 1. The number of nitrogens with one attached hydrogen (secondary N) is 2. The Bertz CT molecular complexity index is 461. The molecule has 0 aromatic heterocycles. The number of methoxy groups -OCH3 is 1. The maximum atomic E-state index is 11.6. The summed E-state index contributed by atoms with van der Waals surface area (Å²) < 4.78 is 10.1. The number of ether oxygens (including phenoxy) is 2. The van der Waals surface area contributed by atoms with E-state index in [1.54, 1.807) is 24.3 Å². The Morgan fingerprint density at radius 3 is 2.48 bits per heavy atom. The van der Waals surface area contributed by atoms with E-state index < -0.39 is 18.1 Å². The molecule has 0 spiro atoms. The highest BCUT2D eigenvalue weighted by molar-refractivity contribution is 5.89. The summed E-state index contributed by atoms with van der Waals surface area (Å²) in [6.45, 7) is 2.54. The highest BCUT2D eigenvalue weighted by atomic mass is 16.5. The van der Waals surface area contributed by atoms with Gasteiger partial charge in [0.2, 0.25) is 0 Å². The fraction of sp³-hybridized carbons (Fsp3) is 0.429. The summed E-state index contributed by atoms with van der Waals surface area (Å²) in [5.74, 6) is -0.400. The van der Waals surface area contributed by atoms with Crippen molar-refractivity contribution in [3.63, 3.8) is 0 Å². The molecule has 1 unspecified atom stereocenters. The van der Waals surface area contributed by atoms with Crippen molar-refractivity contribution < 1.29 is 24.2 Å². The van der Waals surface area contributed by atoms with Gasteiger partial charge in [0.05, 0.1) is 13.2 Å². The zero-order chi connectivity index (χ0) is 15.7. The highest BCUT2D eigenvalue weighted by Crippen LogP contribution is 2.15. The van der Waals surface area contributed by atoms with Gasteiger partial charge in [-0.3, -0.25) is 0 Å². The lowest BCUT2D eigenvalue weighted by molar-refractivity contribution is -0.147. The number of amides is 2. The summed E-state index contributed by atoms with van der Waals surface area (Å²) in [5.41, 5.74) is 0.584. The van der Waals surface area contributed by atoms with Gasteiger partial charge in [0.25, 0.3) is 0 Å². The van der Waals surface area contributed by atoms with Crippen molar-refractivity contribution in [3.8, 4) is 5.75 Å². The number of carbonyl (C=O) groups is 2. The summed E-state index contributed by atoms with van der Waals surface area (Å²) in [6, 6.07) is 6.41. The lowest BCUT2D eigenvalue weighted by Crippen LogP contribution is -2.39. The van der Waals surface area contributed by atoms with E-state index in [9.17, 15) is 9.59 Å². The largest absolute Gasteiger partial charge is 0.494 e. The number of urea groups is 1. The Hall–Kier alpha value is -2.28. The second-order valence-electron chi connectivity index (χ2n) is 4.27. The fourth-order valence-electron chi connectivity index (χ4n) is 1.49. The summed E-state index contributed by atoms with van der Waals surface area (Å²) in [6.07, 6.45) is -0.146. The van der Waals surface area contributed by atoms with Crippen LogP contribution < -0.4 is 15.4 Å². The van der Waals surface area contributed by atoms with Crippen LogP contribution in [0.3, 0.4) is 0 Å². The zero-order valence-electron chi connectivity index (χ0n) is 12.1.